The van der Waals surface area contributed by atoms with E-state index in [0.717, 1.165) is 11.8 Å². The molecule has 0 heteroatoms. The Hall–Kier alpha value is -9.10. The molecule has 0 saturated carbocycles. The summed E-state index contributed by atoms with van der Waals surface area (Å²) in [6.07, 6.45) is 6.66. The second-order valence-corrected chi connectivity index (χ2v) is 41.4. The number of hydrogen-bond acceptors (Lipinski definition) is 0. The number of fused-ring (bicyclic) bond motifs is 1. The molecule has 720 valence electrons. The lowest BCUT2D eigenvalue weighted by Gasteiger charge is -2.15. The van der Waals surface area contributed by atoms with Crippen LogP contribution in [0, 0.1) is 222 Å². The fourth-order valence-corrected chi connectivity index (χ4v) is 14.6. The van der Waals surface area contributed by atoms with Crippen LogP contribution in [0.25, 0.3) is 55.3 Å². The van der Waals surface area contributed by atoms with Crippen LogP contribution in [-0.4, -0.2) is 0 Å². The van der Waals surface area contributed by atoms with Crippen LogP contribution in [0.2, 0.25) is 0 Å². The summed E-state index contributed by atoms with van der Waals surface area (Å²) in [5.41, 5.74) is 50.4. The van der Waals surface area contributed by atoms with E-state index >= 15 is 0 Å². The molecule has 0 N–H and O–H groups in total. The zero-order valence-electron chi connectivity index (χ0n) is 87.7. The summed E-state index contributed by atoms with van der Waals surface area (Å²) in [5.74, 6) is 1.75. The molecule has 0 nitrogen and oxygen atoms in total. The predicted molar refractivity (Wildman–Crippen MR) is 606 cm³/mol. The molecular weight excluding hydrogens is 1560 g/mol. The van der Waals surface area contributed by atoms with Gasteiger partial charge in [-0.15, -0.1) is 0 Å². The van der Waals surface area contributed by atoms with Gasteiger partial charge >= 0.3 is 0 Å². The molecule has 12 aromatic carbocycles. The van der Waals surface area contributed by atoms with Crippen molar-refractivity contribution in [1.29, 1.82) is 0 Å². The molecule has 0 heterocycles. The number of benzene rings is 12. The zero-order chi connectivity index (χ0) is 94.8. The minimum atomic E-state index is 0. The van der Waals surface area contributed by atoms with Crippen molar-refractivity contribution in [2.45, 2.75) is 381 Å². The minimum Gasteiger partial charge on any atom is -0.0776 e. The molecule has 0 aromatic heterocycles. The molecule has 0 saturated heterocycles. The normalized spacial score (nSPS) is 10.2. The van der Waals surface area contributed by atoms with Gasteiger partial charge in [-0.2, -0.15) is 0 Å². The Kier molecular flexibility index (Phi) is 61.3. The summed E-state index contributed by atoms with van der Waals surface area (Å²) >= 11 is 0. The van der Waals surface area contributed by atoms with Crippen molar-refractivity contribution in [3.05, 3.63) is 350 Å². The van der Waals surface area contributed by atoms with E-state index in [4.69, 9.17) is 0 Å². The quantitative estimate of drug-likeness (QED) is 0.142. The smallest absolute Gasteiger partial charge is 0.0152 e. The van der Waals surface area contributed by atoms with Crippen LogP contribution >= 0.6 is 0 Å². The first-order chi connectivity index (χ1) is 57.3. The molecular formula is C130H200. The van der Waals surface area contributed by atoms with E-state index in [1.165, 1.54) is 243 Å². The molecule has 0 fully saturated rings. The Morgan fingerprint density at radius 2 is 0.354 bits per heavy atom. The highest BCUT2D eigenvalue weighted by Crippen LogP contribution is 2.32. The summed E-state index contributed by atoms with van der Waals surface area (Å²) in [6, 6.07) is 71.3. The van der Waals surface area contributed by atoms with Gasteiger partial charge in [-0.05, 0) is 430 Å². The average Bonchev–Trinajstić information content (AvgIpc) is 0.807. The maximum atomic E-state index is 2.27. The third-order valence-electron chi connectivity index (χ3n) is 23.0. The molecule has 12 rings (SSSR count). The molecule has 130 heavy (non-hydrogen) atoms. The molecule has 0 aliphatic heterocycles. The SMILES string of the molecule is C.C.C.C.C.C.CC(C)(C)C.CC(C)CC(C)C.CCCC(C)(C)C.CCCC(C)(C)C.Cc1cc(C)c(C)cc1C.Cc1cc(C)c(C)cc1C.Cc1cc2cc(C)c(C)cc2cc1C.Cc1ccc(-c2ccc(C)c(C)c2)c(C)c1.Cc1ccc(-c2ccc(C)c(C)c2)c(C)c1.Cc1ccc(-c2ccc(C)c(C)c2)cc1C.Cc1ccc(-c2ccc(C)cc2C)c(C)c1. The molecule has 0 bridgehead atoms. The first-order valence-electron chi connectivity index (χ1n) is 46.5. The highest BCUT2D eigenvalue weighted by molar-refractivity contribution is 5.85. The molecule has 0 unspecified atom stereocenters. The van der Waals surface area contributed by atoms with Gasteiger partial charge in [0.25, 0.3) is 0 Å². The van der Waals surface area contributed by atoms with E-state index in [1.807, 2.05) is 0 Å². The Morgan fingerprint density at radius 1 is 0.185 bits per heavy atom. The Labute approximate surface area is 809 Å². The van der Waals surface area contributed by atoms with Crippen LogP contribution in [0.4, 0.5) is 0 Å². The first-order valence-corrected chi connectivity index (χ1v) is 46.5. The third-order valence-corrected chi connectivity index (χ3v) is 23.0. The second kappa shape index (κ2) is 61.6. The standard InChI is InChI=1S/4C16H18.C14H16.2C10H14.3C7H16.C5H12.6CH4/c2*1-11-5-8-16(14(4)9-11)15-7-6-12(2)13(3)10-15;1-11-5-7-15(9-13(11)3)16-8-6-12(2)14(4)10-16;1-11-5-7-15(13(3)9-11)16-8-6-12(2)10-14(16)4;1-9-5-13-7-11(3)12(4)8-14(13)6-10(9)2;2*1-7-5-9(3)10(4)6-8(7)2;1-6(2)5-7(3)4;2*1-5-6-7(2,3)4;1-5(2,3)4;;;;;;/h4*5-10H,1-4H3;5-8H,1-4H3;2*5-6H,1-4H3;6-7H,5H2,1-4H3;2*5-6H2,1-4H3;1-4H3;6*1H4. The molecule has 0 radical (unpaired) electrons. The lowest BCUT2D eigenvalue weighted by Crippen LogP contribution is -2.02. The monoisotopic (exact) mass is 1760 g/mol. The van der Waals surface area contributed by atoms with Gasteiger partial charge in [-0.25, -0.2) is 0 Å². The van der Waals surface area contributed by atoms with Crippen molar-refractivity contribution in [3.8, 4) is 44.5 Å². The second-order valence-electron chi connectivity index (χ2n) is 41.4. The largest absolute Gasteiger partial charge is 0.0776 e. The van der Waals surface area contributed by atoms with E-state index in [1.54, 1.807) is 0 Å². The van der Waals surface area contributed by atoms with Crippen molar-refractivity contribution in [1.82, 2.24) is 0 Å². The molecule has 0 aliphatic rings. The predicted octanol–water partition coefficient (Wildman–Crippen LogP) is 42.5. The van der Waals surface area contributed by atoms with E-state index in [-0.39, 0.29) is 44.6 Å². The van der Waals surface area contributed by atoms with Crippen LogP contribution in [0.15, 0.2) is 194 Å². The van der Waals surface area contributed by atoms with Gasteiger partial charge in [-0.1, -0.05) is 385 Å². The number of rotatable bonds is 8. The van der Waals surface area contributed by atoms with Crippen molar-refractivity contribution < 1.29 is 0 Å². The van der Waals surface area contributed by atoms with Crippen molar-refractivity contribution >= 4 is 10.8 Å². The Bertz CT molecular complexity index is 4800. The maximum absolute atomic E-state index is 2.27. The maximum Gasteiger partial charge on any atom is -0.0152 e. The fourth-order valence-electron chi connectivity index (χ4n) is 14.6. The molecule has 0 spiro atoms. The van der Waals surface area contributed by atoms with Crippen LogP contribution in [0.5, 0.6) is 0 Å². The van der Waals surface area contributed by atoms with Crippen LogP contribution in [-0.2, 0) is 0 Å². The summed E-state index contributed by atoms with van der Waals surface area (Å²) in [7, 11) is 0. The van der Waals surface area contributed by atoms with Gasteiger partial charge in [0.15, 0.2) is 0 Å². The third kappa shape index (κ3) is 49.4. The molecule has 0 aliphatic carbocycles. The molecule has 12 aromatic rings. The van der Waals surface area contributed by atoms with E-state index in [0.29, 0.717) is 16.2 Å². The Balaban J connectivity index is -0.000000446. The van der Waals surface area contributed by atoms with Crippen molar-refractivity contribution in [2.75, 3.05) is 0 Å². The van der Waals surface area contributed by atoms with Gasteiger partial charge in [0.2, 0.25) is 0 Å². The minimum absolute atomic E-state index is 0. The Morgan fingerprint density at radius 3 is 0.508 bits per heavy atom. The van der Waals surface area contributed by atoms with Crippen molar-refractivity contribution in [2.24, 2.45) is 28.1 Å². The van der Waals surface area contributed by atoms with E-state index in [9.17, 15) is 0 Å². The van der Waals surface area contributed by atoms with Gasteiger partial charge in [0, 0.05) is 0 Å². The van der Waals surface area contributed by atoms with Gasteiger partial charge < -0.3 is 0 Å². The summed E-state index contributed by atoms with van der Waals surface area (Å²) in [4.78, 5) is 0. The van der Waals surface area contributed by atoms with E-state index in [2.05, 4.69) is 499 Å². The van der Waals surface area contributed by atoms with Crippen LogP contribution in [0.1, 0.15) is 343 Å². The zero-order valence-corrected chi connectivity index (χ0v) is 87.7. The van der Waals surface area contributed by atoms with Gasteiger partial charge in [0.1, 0.15) is 0 Å². The summed E-state index contributed by atoms with van der Waals surface area (Å²) in [6.45, 7) is 96.4. The van der Waals surface area contributed by atoms with Gasteiger partial charge in [0.05, 0.1) is 0 Å². The highest BCUT2D eigenvalue weighted by Gasteiger charge is 2.11. The van der Waals surface area contributed by atoms with E-state index < -0.39 is 0 Å². The molecule has 0 amide bonds. The number of aryl methyl sites for hydroxylation is 28. The van der Waals surface area contributed by atoms with Crippen LogP contribution < -0.4 is 0 Å². The van der Waals surface area contributed by atoms with Gasteiger partial charge in [-0.3, -0.25) is 0 Å². The summed E-state index contributed by atoms with van der Waals surface area (Å²) < 4.78 is 0. The fraction of sp³-hybridized carbons (Fsp3) is 0.462. The summed E-state index contributed by atoms with van der Waals surface area (Å²) in [5, 5.41) is 2.72. The van der Waals surface area contributed by atoms with Crippen LogP contribution in [0.3, 0.4) is 0 Å². The van der Waals surface area contributed by atoms with Crippen molar-refractivity contribution in [3.63, 3.8) is 0 Å². The topological polar surface area (TPSA) is 0 Å². The highest BCUT2D eigenvalue weighted by atomic mass is 14.2. The lowest BCUT2D eigenvalue weighted by molar-refractivity contribution is 0.373. The molecule has 0 atom stereocenters. The number of hydrogen-bond donors (Lipinski definition) is 0. The first kappa shape index (κ1) is 129. The average molecular weight is 1760 g/mol. The lowest BCUT2D eigenvalue weighted by atomic mass is 9.91.